The van der Waals surface area contributed by atoms with Gasteiger partial charge in [0.25, 0.3) is 0 Å². The maximum absolute atomic E-state index is 11.3. The highest BCUT2D eigenvalue weighted by molar-refractivity contribution is 5.80. The van der Waals surface area contributed by atoms with Gasteiger partial charge in [0.15, 0.2) is 5.78 Å². The smallest absolute Gasteiger partial charge is 0.160 e. The van der Waals surface area contributed by atoms with Crippen LogP contribution in [0, 0.1) is 5.41 Å². The molecule has 0 spiro atoms. The second-order valence-electron chi connectivity index (χ2n) is 4.90. The Labute approximate surface area is 87.0 Å². The molecule has 0 aliphatic carbocycles. The van der Waals surface area contributed by atoms with Crippen molar-refractivity contribution in [3.05, 3.63) is 0 Å². The largest absolute Gasteiger partial charge is 0.374 e. The number of Topliss-reactive ketones (excluding diaryl/α,β-unsaturated/α-hetero) is 1. The topological polar surface area (TPSA) is 52.3 Å². The minimum Gasteiger partial charge on any atom is -0.374 e. The van der Waals surface area contributed by atoms with Crippen LogP contribution in [0.3, 0.4) is 0 Å². The van der Waals surface area contributed by atoms with E-state index in [1.54, 1.807) is 0 Å². The molecule has 0 aromatic heterocycles. The number of ketones is 1. The Morgan fingerprint density at radius 3 is 2.43 bits per heavy atom. The first kappa shape index (κ1) is 13.6. The van der Waals surface area contributed by atoms with Crippen LogP contribution in [0.4, 0.5) is 0 Å². The van der Waals surface area contributed by atoms with Crippen LogP contribution in [0.15, 0.2) is 0 Å². The molecule has 14 heavy (non-hydrogen) atoms. The molecule has 0 aliphatic rings. The third-order valence-electron chi connectivity index (χ3n) is 1.83. The third kappa shape index (κ3) is 8.20. The van der Waals surface area contributed by atoms with E-state index >= 15 is 0 Å². The van der Waals surface area contributed by atoms with Gasteiger partial charge in [-0.2, -0.15) is 0 Å². The summed E-state index contributed by atoms with van der Waals surface area (Å²) in [5.41, 5.74) is 6.04. The van der Waals surface area contributed by atoms with Crippen LogP contribution in [0.1, 0.15) is 40.5 Å². The second-order valence-corrected chi connectivity index (χ2v) is 4.90. The first-order chi connectivity index (χ1) is 6.35. The molecule has 0 fully saturated rings. The van der Waals surface area contributed by atoms with Crippen molar-refractivity contribution < 1.29 is 9.53 Å². The van der Waals surface area contributed by atoms with Gasteiger partial charge in [0.1, 0.15) is 6.61 Å². The number of hydrogen-bond acceptors (Lipinski definition) is 3. The summed E-state index contributed by atoms with van der Waals surface area (Å²) < 4.78 is 5.02. The standard InChI is InChI=1S/C11H23NO2/c1-5-14-8-10(13)6-9(12)7-11(2,3)4/h9H,5-8,12H2,1-4H3. The summed E-state index contributed by atoms with van der Waals surface area (Å²) >= 11 is 0. The molecule has 0 aromatic rings. The Morgan fingerprint density at radius 2 is 2.00 bits per heavy atom. The highest BCUT2D eigenvalue weighted by Gasteiger charge is 2.17. The van der Waals surface area contributed by atoms with Gasteiger partial charge in [-0.1, -0.05) is 20.8 Å². The zero-order chi connectivity index (χ0) is 11.2. The van der Waals surface area contributed by atoms with Gasteiger partial charge in [-0.25, -0.2) is 0 Å². The summed E-state index contributed by atoms with van der Waals surface area (Å²) in [6.07, 6.45) is 1.29. The molecular weight excluding hydrogens is 178 g/mol. The van der Waals surface area contributed by atoms with Crippen molar-refractivity contribution in [2.75, 3.05) is 13.2 Å². The average molecular weight is 201 g/mol. The minimum absolute atomic E-state index is 0.0389. The molecule has 3 nitrogen and oxygen atoms in total. The monoisotopic (exact) mass is 201 g/mol. The van der Waals surface area contributed by atoms with Crippen molar-refractivity contribution in [1.29, 1.82) is 0 Å². The van der Waals surface area contributed by atoms with Gasteiger partial charge in [-0.05, 0) is 18.8 Å². The summed E-state index contributed by atoms with van der Waals surface area (Å²) in [6.45, 7) is 9.04. The van der Waals surface area contributed by atoms with E-state index < -0.39 is 0 Å². The van der Waals surface area contributed by atoms with Crippen molar-refractivity contribution in [3.63, 3.8) is 0 Å². The van der Waals surface area contributed by atoms with Crippen molar-refractivity contribution in [3.8, 4) is 0 Å². The van der Waals surface area contributed by atoms with E-state index in [0.29, 0.717) is 13.0 Å². The van der Waals surface area contributed by atoms with Gasteiger partial charge in [0.05, 0.1) is 0 Å². The fraction of sp³-hybridized carbons (Fsp3) is 0.909. The normalized spacial score (nSPS) is 14.1. The van der Waals surface area contributed by atoms with Crippen LogP contribution < -0.4 is 5.73 Å². The second kappa shape index (κ2) is 6.14. The lowest BCUT2D eigenvalue weighted by atomic mass is 9.87. The highest BCUT2D eigenvalue weighted by atomic mass is 16.5. The van der Waals surface area contributed by atoms with Gasteiger partial charge in [0.2, 0.25) is 0 Å². The number of hydrogen-bond donors (Lipinski definition) is 1. The average Bonchev–Trinajstić information content (AvgIpc) is 1.96. The number of carbonyl (C=O) groups excluding carboxylic acids is 1. The zero-order valence-electron chi connectivity index (χ0n) is 9.80. The van der Waals surface area contributed by atoms with E-state index in [1.165, 1.54) is 0 Å². The lowest BCUT2D eigenvalue weighted by molar-refractivity contribution is -0.123. The molecule has 0 saturated heterocycles. The Bertz CT molecular complexity index is 173. The molecule has 0 heterocycles. The van der Waals surface area contributed by atoms with E-state index in [1.807, 2.05) is 6.92 Å². The number of ether oxygens (including phenoxy) is 1. The lowest BCUT2D eigenvalue weighted by Crippen LogP contribution is -2.30. The Kier molecular flexibility index (Phi) is 5.96. The molecule has 0 aliphatic heterocycles. The Balaban J connectivity index is 3.71. The van der Waals surface area contributed by atoms with Crippen LogP contribution in [-0.4, -0.2) is 25.0 Å². The summed E-state index contributed by atoms with van der Waals surface area (Å²) in [5, 5.41) is 0. The fourth-order valence-corrected chi connectivity index (χ4v) is 1.43. The van der Waals surface area contributed by atoms with Crippen LogP contribution in [0.5, 0.6) is 0 Å². The molecule has 0 aromatic carbocycles. The molecule has 84 valence electrons. The van der Waals surface area contributed by atoms with Crippen LogP contribution in [-0.2, 0) is 9.53 Å². The molecule has 0 bridgehead atoms. The first-order valence-corrected chi connectivity index (χ1v) is 5.20. The Hall–Kier alpha value is -0.410. The Morgan fingerprint density at radius 1 is 1.43 bits per heavy atom. The lowest BCUT2D eigenvalue weighted by Gasteiger charge is -2.22. The number of rotatable bonds is 6. The predicted octanol–water partition coefficient (Wildman–Crippen LogP) is 1.75. The fourth-order valence-electron chi connectivity index (χ4n) is 1.43. The number of nitrogens with two attached hydrogens (primary N) is 1. The van der Waals surface area contributed by atoms with E-state index in [-0.39, 0.29) is 23.8 Å². The zero-order valence-corrected chi connectivity index (χ0v) is 9.80. The minimum atomic E-state index is -0.0389. The SMILES string of the molecule is CCOCC(=O)CC(N)CC(C)(C)C. The van der Waals surface area contributed by atoms with Gasteiger partial charge < -0.3 is 10.5 Å². The molecule has 3 heteroatoms. The third-order valence-corrected chi connectivity index (χ3v) is 1.83. The van der Waals surface area contributed by atoms with E-state index in [0.717, 1.165) is 6.42 Å². The van der Waals surface area contributed by atoms with Gasteiger partial charge >= 0.3 is 0 Å². The molecule has 0 radical (unpaired) electrons. The van der Waals surface area contributed by atoms with E-state index in [2.05, 4.69) is 20.8 Å². The summed E-state index contributed by atoms with van der Waals surface area (Å²) in [7, 11) is 0. The molecule has 1 unspecified atom stereocenters. The van der Waals surface area contributed by atoms with Crippen molar-refractivity contribution in [2.45, 2.75) is 46.6 Å². The van der Waals surface area contributed by atoms with Gasteiger partial charge in [-0.15, -0.1) is 0 Å². The maximum Gasteiger partial charge on any atom is 0.160 e. The van der Waals surface area contributed by atoms with Crippen LogP contribution >= 0.6 is 0 Å². The summed E-state index contributed by atoms with van der Waals surface area (Å²) in [6, 6.07) is -0.0389. The van der Waals surface area contributed by atoms with Crippen molar-refractivity contribution >= 4 is 5.78 Å². The molecule has 1 atom stereocenters. The van der Waals surface area contributed by atoms with Crippen LogP contribution in [0.25, 0.3) is 0 Å². The molecule has 2 N–H and O–H groups in total. The molecule has 0 saturated carbocycles. The van der Waals surface area contributed by atoms with E-state index in [4.69, 9.17) is 10.5 Å². The van der Waals surface area contributed by atoms with Gasteiger partial charge in [0, 0.05) is 19.1 Å². The molecular formula is C11H23NO2. The first-order valence-electron chi connectivity index (χ1n) is 5.20. The predicted molar refractivity (Wildman–Crippen MR) is 58.2 cm³/mol. The van der Waals surface area contributed by atoms with Crippen molar-refractivity contribution in [1.82, 2.24) is 0 Å². The van der Waals surface area contributed by atoms with Gasteiger partial charge in [-0.3, -0.25) is 4.79 Å². The highest BCUT2D eigenvalue weighted by Crippen LogP contribution is 2.21. The molecule has 0 rings (SSSR count). The summed E-state index contributed by atoms with van der Waals surface area (Å²) in [5.74, 6) is 0.101. The van der Waals surface area contributed by atoms with E-state index in [9.17, 15) is 4.79 Å². The van der Waals surface area contributed by atoms with Crippen molar-refractivity contribution in [2.24, 2.45) is 11.1 Å². The molecule has 0 amide bonds. The quantitative estimate of drug-likeness (QED) is 0.712. The number of carbonyl (C=O) groups is 1. The summed E-state index contributed by atoms with van der Waals surface area (Å²) in [4.78, 5) is 11.3. The van der Waals surface area contributed by atoms with Crippen LogP contribution in [0.2, 0.25) is 0 Å². The maximum atomic E-state index is 11.3.